The van der Waals surface area contributed by atoms with Crippen LogP contribution in [0.5, 0.6) is 0 Å². The Bertz CT molecular complexity index is 711. The van der Waals surface area contributed by atoms with Crippen LogP contribution in [0.1, 0.15) is 38.7 Å². The van der Waals surface area contributed by atoms with Crippen molar-refractivity contribution in [2.75, 3.05) is 18.8 Å². The van der Waals surface area contributed by atoms with E-state index in [9.17, 15) is 4.79 Å². The number of para-hydroxylation sites is 1. The largest absolute Gasteiger partial charge is 0.342 e. The highest BCUT2D eigenvalue weighted by atomic mass is 32.2. The number of hydrogen-bond donors (Lipinski definition) is 0. The number of carbonyl (C=O) groups is 1. The van der Waals surface area contributed by atoms with E-state index < -0.39 is 0 Å². The molecule has 0 saturated heterocycles. The lowest BCUT2D eigenvalue weighted by Gasteiger charge is -2.21. The molecule has 0 spiro atoms. The second kappa shape index (κ2) is 8.52. The van der Waals surface area contributed by atoms with Crippen LogP contribution in [0.2, 0.25) is 0 Å². The fourth-order valence-corrected chi connectivity index (χ4v) is 3.77. The lowest BCUT2D eigenvalue weighted by atomic mass is 10.1. The Labute approximate surface area is 153 Å². The molecule has 1 aromatic heterocycles. The summed E-state index contributed by atoms with van der Waals surface area (Å²) in [6.45, 7) is 6.03. The van der Waals surface area contributed by atoms with Gasteiger partial charge in [0, 0.05) is 13.1 Å². The number of carbonyl (C=O) groups excluding carboxylic acids is 1. The summed E-state index contributed by atoms with van der Waals surface area (Å²) >= 11 is 1.48. The van der Waals surface area contributed by atoms with Crippen LogP contribution in [0.15, 0.2) is 35.7 Å². The number of aromatic nitrogens is 3. The van der Waals surface area contributed by atoms with Gasteiger partial charge in [-0.05, 0) is 43.2 Å². The van der Waals surface area contributed by atoms with E-state index in [-0.39, 0.29) is 5.91 Å². The Kier molecular flexibility index (Phi) is 6.13. The zero-order valence-corrected chi connectivity index (χ0v) is 15.8. The minimum Gasteiger partial charge on any atom is -0.342 e. The van der Waals surface area contributed by atoms with Gasteiger partial charge >= 0.3 is 0 Å². The zero-order valence-electron chi connectivity index (χ0n) is 15.0. The molecule has 134 valence electrons. The molecule has 3 rings (SSSR count). The van der Waals surface area contributed by atoms with Crippen molar-refractivity contribution in [2.45, 2.75) is 44.7 Å². The summed E-state index contributed by atoms with van der Waals surface area (Å²) in [5.41, 5.74) is 2.34. The highest BCUT2D eigenvalue weighted by Gasteiger charge is 2.26. The summed E-state index contributed by atoms with van der Waals surface area (Å²) in [5.74, 6) is 1.34. The van der Waals surface area contributed by atoms with E-state index in [1.165, 1.54) is 30.2 Å². The average Bonchev–Trinajstić information content (AvgIpc) is 3.33. The van der Waals surface area contributed by atoms with Crippen LogP contribution in [0.4, 0.5) is 0 Å². The van der Waals surface area contributed by atoms with Gasteiger partial charge in [0.1, 0.15) is 6.33 Å². The fourth-order valence-electron chi connectivity index (χ4n) is 2.95. The third-order valence-electron chi connectivity index (χ3n) is 4.50. The number of hydrogen-bond acceptors (Lipinski definition) is 4. The second-order valence-corrected chi connectivity index (χ2v) is 7.48. The molecule has 1 heterocycles. The van der Waals surface area contributed by atoms with E-state index in [0.717, 1.165) is 42.7 Å². The van der Waals surface area contributed by atoms with Crippen LogP contribution in [-0.4, -0.2) is 44.4 Å². The number of amides is 1. The van der Waals surface area contributed by atoms with Gasteiger partial charge in [-0.15, -0.1) is 10.2 Å². The van der Waals surface area contributed by atoms with Gasteiger partial charge < -0.3 is 4.90 Å². The van der Waals surface area contributed by atoms with Crippen LogP contribution in [-0.2, 0) is 11.2 Å². The van der Waals surface area contributed by atoms with Crippen molar-refractivity contribution in [1.29, 1.82) is 0 Å². The summed E-state index contributed by atoms with van der Waals surface area (Å²) in [5, 5.41) is 9.06. The molecule has 0 radical (unpaired) electrons. The van der Waals surface area contributed by atoms with Gasteiger partial charge in [-0.2, -0.15) is 0 Å². The lowest BCUT2D eigenvalue weighted by Crippen LogP contribution is -2.35. The number of aryl methyl sites for hydroxylation is 1. The highest BCUT2D eigenvalue weighted by Crippen LogP contribution is 2.30. The van der Waals surface area contributed by atoms with Gasteiger partial charge in [0.25, 0.3) is 0 Å². The van der Waals surface area contributed by atoms with E-state index in [1.807, 2.05) is 21.6 Å². The van der Waals surface area contributed by atoms with E-state index >= 15 is 0 Å². The molecule has 0 atom stereocenters. The first-order chi connectivity index (χ1) is 12.2. The summed E-state index contributed by atoms with van der Waals surface area (Å²) < 4.78 is 1.99. The minimum absolute atomic E-state index is 0.206. The zero-order chi connectivity index (χ0) is 17.6. The Morgan fingerprint density at radius 2 is 2.12 bits per heavy atom. The van der Waals surface area contributed by atoms with Gasteiger partial charge in [0.05, 0.1) is 11.4 Å². The Morgan fingerprint density at radius 3 is 2.84 bits per heavy atom. The van der Waals surface area contributed by atoms with Crippen molar-refractivity contribution < 1.29 is 4.79 Å². The Morgan fingerprint density at radius 1 is 1.32 bits per heavy atom. The highest BCUT2D eigenvalue weighted by molar-refractivity contribution is 7.99. The van der Waals surface area contributed by atoms with E-state index in [2.05, 4.69) is 36.2 Å². The third-order valence-corrected chi connectivity index (χ3v) is 5.42. The molecule has 1 saturated carbocycles. The predicted molar refractivity (Wildman–Crippen MR) is 101 cm³/mol. The number of rotatable bonds is 9. The van der Waals surface area contributed by atoms with E-state index in [1.54, 1.807) is 6.33 Å². The van der Waals surface area contributed by atoms with Crippen molar-refractivity contribution in [3.8, 4) is 5.69 Å². The van der Waals surface area contributed by atoms with Gasteiger partial charge in [0.2, 0.25) is 5.91 Å². The molecule has 0 aliphatic heterocycles. The molecule has 1 aromatic carbocycles. The molecule has 2 aromatic rings. The van der Waals surface area contributed by atoms with Crippen molar-refractivity contribution in [1.82, 2.24) is 19.7 Å². The molecule has 0 bridgehead atoms. The maximum Gasteiger partial charge on any atom is 0.233 e. The standard InChI is InChI=1S/C19H26N4OS/c1-3-11-22(12-15-9-10-15)18(24)13-25-19-21-20-14-23(19)17-8-6-5-7-16(17)4-2/h5-8,14-15H,3-4,9-13H2,1-2H3. The summed E-state index contributed by atoms with van der Waals surface area (Å²) in [7, 11) is 0. The van der Waals surface area contributed by atoms with Crippen LogP contribution in [0, 0.1) is 5.92 Å². The fraction of sp³-hybridized carbons (Fsp3) is 0.526. The number of benzene rings is 1. The van der Waals surface area contributed by atoms with Crippen LogP contribution < -0.4 is 0 Å². The van der Waals surface area contributed by atoms with Crippen LogP contribution in [0.3, 0.4) is 0 Å². The molecule has 1 fully saturated rings. The first-order valence-corrected chi connectivity index (χ1v) is 10.1. The molecular formula is C19H26N4OS. The van der Waals surface area contributed by atoms with Gasteiger partial charge in [-0.25, -0.2) is 0 Å². The van der Waals surface area contributed by atoms with Crippen molar-refractivity contribution in [3.05, 3.63) is 36.2 Å². The first-order valence-electron chi connectivity index (χ1n) is 9.11. The molecule has 25 heavy (non-hydrogen) atoms. The molecule has 0 N–H and O–H groups in total. The topological polar surface area (TPSA) is 51.0 Å². The molecule has 1 aliphatic carbocycles. The minimum atomic E-state index is 0.206. The first kappa shape index (κ1) is 18.0. The predicted octanol–water partition coefficient (Wildman–Crippen LogP) is 3.57. The normalized spacial score (nSPS) is 13.8. The SMILES string of the molecule is CCCN(CC1CC1)C(=O)CSc1nncn1-c1ccccc1CC. The molecule has 6 heteroatoms. The van der Waals surface area contributed by atoms with E-state index in [4.69, 9.17) is 0 Å². The third kappa shape index (κ3) is 4.63. The van der Waals surface area contributed by atoms with Crippen LogP contribution >= 0.6 is 11.8 Å². The maximum atomic E-state index is 12.6. The maximum absolute atomic E-state index is 12.6. The average molecular weight is 359 g/mol. The Hall–Kier alpha value is -1.82. The van der Waals surface area contributed by atoms with Gasteiger partial charge in [0.15, 0.2) is 5.16 Å². The smallest absolute Gasteiger partial charge is 0.233 e. The number of nitrogens with zero attached hydrogens (tertiary/aromatic N) is 4. The van der Waals surface area contributed by atoms with Gasteiger partial charge in [-0.1, -0.05) is 43.8 Å². The second-order valence-electron chi connectivity index (χ2n) is 6.54. The molecular weight excluding hydrogens is 332 g/mol. The molecule has 0 unspecified atom stereocenters. The number of thioether (sulfide) groups is 1. The quantitative estimate of drug-likeness (QED) is 0.643. The molecule has 1 aliphatic rings. The van der Waals surface area contributed by atoms with Gasteiger partial charge in [-0.3, -0.25) is 9.36 Å². The van der Waals surface area contributed by atoms with Crippen molar-refractivity contribution >= 4 is 17.7 Å². The summed E-state index contributed by atoms with van der Waals surface area (Å²) in [6.07, 6.45) is 6.22. The Balaban J connectivity index is 1.67. The molecule has 1 amide bonds. The van der Waals surface area contributed by atoms with Crippen molar-refractivity contribution in [2.24, 2.45) is 5.92 Å². The van der Waals surface area contributed by atoms with E-state index in [0.29, 0.717) is 5.75 Å². The summed E-state index contributed by atoms with van der Waals surface area (Å²) in [4.78, 5) is 14.6. The summed E-state index contributed by atoms with van der Waals surface area (Å²) in [6, 6.07) is 8.26. The van der Waals surface area contributed by atoms with Crippen molar-refractivity contribution in [3.63, 3.8) is 0 Å². The lowest BCUT2D eigenvalue weighted by molar-refractivity contribution is -0.128. The van der Waals surface area contributed by atoms with Crippen LogP contribution in [0.25, 0.3) is 5.69 Å². The monoisotopic (exact) mass is 358 g/mol. The molecule has 5 nitrogen and oxygen atoms in total.